The molecule has 130 valence electrons. The first-order valence-corrected chi connectivity index (χ1v) is 9.07. The highest BCUT2D eigenvalue weighted by molar-refractivity contribution is 8.00. The number of carbonyl (C=O) groups excluding carboxylic acids is 1. The molecule has 1 aliphatic rings. The van der Waals surface area contributed by atoms with Crippen LogP contribution < -0.4 is 5.32 Å². The van der Waals surface area contributed by atoms with Gasteiger partial charge in [0, 0.05) is 21.4 Å². The topological polar surface area (TPSA) is 29.1 Å². The number of amides is 1. The number of hydrogen-bond donors (Lipinski definition) is 1. The van der Waals surface area contributed by atoms with E-state index in [-0.39, 0.29) is 16.1 Å². The number of thioether (sulfide) groups is 1. The van der Waals surface area contributed by atoms with Crippen LogP contribution >= 0.6 is 23.4 Å². The van der Waals surface area contributed by atoms with Gasteiger partial charge in [-0.05, 0) is 55.7 Å². The Morgan fingerprint density at radius 3 is 2.64 bits per heavy atom. The zero-order chi connectivity index (χ0) is 18.0. The third-order valence-corrected chi connectivity index (χ3v) is 5.59. The number of rotatable bonds is 4. The molecule has 25 heavy (non-hydrogen) atoms. The molecule has 0 aromatic heterocycles. The summed E-state index contributed by atoms with van der Waals surface area (Å²) in [5.41, 5.74) is 1.89. The molecule has 0 radical (unpaired) electrons. The van der Waals surface area contributed by atoms with Gasteiger partial charge in [0.25, 0.3) is 5.91 Å². The normalized spacial score (nSPS) is 16.9. The van der Waals surface area contributed by atoms with Gasteiger partial charge in [-0.3, -0.25) is 4.79 Å². The predicted molar refractivity (Wildman–Crippen MR) is 98.4 cm³/mol. The van der Waals surface area contributed by atoms with Crippen molar-refractivity contribution < 1.29 is 13.6 Å². The molecule has 2 aromatic carbocycles. The highest BCUT2D eigenvalue weighted by Crippen LogP contribution is 2.38. The van der Waals surface area contributed by atoms with Crippen LogP contribution in [0.4, 0.5) is 14.5 Å². The number of hydrogen-bond acceptors (Lipinski definition) is 2. The van der Waals surface area contributed by atoms with E-state index in [1.807, 2.05) is 0 Å². The monoisotopic (exact) mass is 379 g/mol. The molecule has 0 spiro atoms. The Balaban J connectivity index is 1.75. The molecule has 1 amide bonds. The molecular weight excluding hydrogens is 364 g/mol. The fourth-order valence-electron chi connectivity index (χ4n) is 2.68. The molecule has 0 aliphatic heterocycles. The summed E-state index contributed by atoms with van der Waals surface area (Å²) < 4.78 is 27.3. The van der Waals surface area contributed by atoms with Gasteiger partial charge in [-0.25, -0.2) is 8.78 Å². The summed E-state index contributed by atoms with van der Waals surface area (Å²) in [6, 6.07) is 8.19. The van der Waals surface area contributed by atoms with Gasteiger partial charge in [-0.1, -0.05) is 23.8 Å². The highest BCUT2D eigenvalue weighted by Gasteiger charge is 2.21. The zero-order valence-electron chi connectivity index (χ0n) is 13.3. The maximum atomic E-state index is 14.1. The van der Waals surface area contributed by atoms with E-state index in [1.165, 1.54) is 47.7 Å². The molecule has 2 aromatic rings. The summed E-state index contributed by atoms with van der Waals surface area (Å²) >= 11 is 7.15. The van der Waals surface area contributed by atoms with Gasteiger partial charge in [0.1, 0.15) is 11.6 Å². The van der Waals surface area contributed by atoms with Crippen LogP contribution in [0.3, 0.4) is 0 Å². The van der Waals surface area contributed by atoms with Crippen LogP contribution in [0.15, 0.2) is 53.4 Å². The Morgan fingerprint density at radius 1 is 1.20 bits per heavy atom. The summed E-state index contributed by atoms with van der Waals surface area (Å²) in [4.78, 5) is 12.8. The minimum atomic E-state index is -0.557. The van der Waals surface area contributed by atoms with Crippen molar-refractivity contribution in [2.75, 3.05) is 5.32 Å². The number of allylic oxidation sites excluding steroid dienone is 1. The maximum absolute atomic E-state index is 14.1. The van der Waals surface area contributed by atoms with E-state index in [2.05, 4.69) is 11.9 Å². The minimum Gasteiger partial charge on any atom is -0.322 e. The summed E-state index contributed by atoms with van der Waals surface area (Å²) in [5, 5.41) is 2.85. The molecule has 1 atom stereocenters. The summed E-state index contributed by atoms with van der Waals surface area (Å²) in [5.74, 6) is -1.30. The molecular formula is C19H16ClF2NOS. The van der Waals surface area contributed by atoms with Crippen molar-refractivity contribution in [1.29, 1.82) is 0 Å². The summed E-state index contributed by atoms with van der Waals surface area (Å²) in [6.45, 7) is 3.97. The third-order valence-electron chi connectivity index (χ3n) is 4.00. The van der Waals surface area contributed by atoms with Crippen molar-refractivity contribution in [2.45, 2.75) is 29.4 Å². The molecule has 1 aliphatic carbocycles. The Bertz CT molecular complexity index is 840. The highest BCUT2D eigenvalue weighted by atomic mass is 35.5. The van der Waals surface area contributed by atoms with E-state index >= 15 is 0 Å². The molecule has 6 heteroatoms. The average Bonchev–Trinajstić information content (AvgIpc) is 2.98. The van der Waals surface area contributed by atoms with E-state index in [4.69, 9.17) is 11.6 Å². The Morgan fingerprint density at radius 2 is 1.96 bits per heavy atom. The number of carbonyl (C=O) groups is 1. The van der Waals surface area contributed by atoms with E-state index in [9.17, 15) is 13.6 Å². The molecule has 0 saturated heterocycles. The summed E-state index contributed by atoms with van der Waals surface area (Å²) in [7, 11) is 0. The molecule has 1 fully saturated rings. The summed E-state index contributed by atoms with van der Waals surface area (Å²) in [6.07, 6.45) is 2.80. The van der Waals surface area contributed by atoms with Gasteiger partial charge in [0.05, 0.1) is 5.02 Å². The first-order chi connectivity index (χ1) is 11.9. The van der Waals surface area contributed by atoms with Crippen molar-refractivity contribution >= 4 is 35.0 Å². The largest absolute Gasteiger partial charge is 0.322 e. The van der Waals surface area contributed by atoms with Crippen LogP contribution in [0.25, 0.3) is 0 Å². The average molecular weight is 380 g/mol. The number of halogens is 3. The standard InChI is InChI=1S/C19H16ClF2NOS/c1-11-2-5-14(8-11)25-18-9-12(3-6-17(18)22)19(24)23-13-4-7-16(21)15(20)10-13/h3-4,6-7,9-10,14H,1-2,5,8H2,(H,23,24). The number of benzene rings is 2. The lowest BCUT2D eigenvalue weighted by atomic mass is 10.2. The van der Waals surface area contributed by atoms with Gasteiger partial charge in [0.15, 0.2) is 0 Å². The Kier molecular flexibility index (Phi) is 5.45. The van der Waals surface area contributed by atoms with Crippen LogP contribution in [-0.2, 0) is 0 Å². The first kappa shape index (κ1) is 18.0. The van der Waals surface area contributed by atoms with Crippen LogP contribution in [-0.4, -0.2) is 11.2 Å². The van der Waals surface area contributed by atoms with Crippen LogP contribution in [0.2, 0.25) is 5.02 Å². The first-order valence-electron chi connectivity index (χ1n) is 7.81. The van der Waals surface area contributed by atoms with Crippen molar-refractivity contribution in [3.05, 3.63) is 70.8 Å². The van der Waals surface area contributed by atoms with Crippen molar-refractivity contribution in [3.8, 4) is 0 Å². The lowest BCUT2D eigenvalue weighted by Crippen LogP contribution is -2.12. The van der Waals surface area contributed by atoms with E-state index in [0.29, 0.717) is 16.1 Å². The second-order valence-corrected chi connectivity index (χ2v) is 7.71. The quantitative estimate of drug-likeness (QED) is 0.653. The van der Waals surface area contributed by atoms with Crippen LogP contribution in [0.1, 0.15) is 29.6 Å². The van der Waals surface area contributed by atoms with Gasteiger partial charge in [-0.15, -0.1) is 11.8 Å². The number of nitrogens with one attached hydrogen (secondary N) is 1. The smallest absolute Gasteiger partial charge is 0.255 e. The van der Waals surface area contributed by atoms with Crippen molar-refractivity contribution in [3.63, 3.8) is 0 Å². The Labute approximate surface area is 154 Å². The second kappa shape index (κ2) is 7.58. The van der Waals surface area contributed by atoms with Gasteiger partial charge in [0.2, 0.25) is 0 Å². The molecule has 1 saturated carbocycles. The Hall–Kier alpha value is -1.85. The molecule has 1 N–H and O–H groups in total. The van der Waals surface area contributed by atoms with Gasteiger partial charge in [-0.2, -0.15) is 0 Å². The zero-order valence-corrected chi connectivity index (χ0v) is 14.9. The molecule has 3 rings (SSSR count). The van der Waals surface area contributed by atoms with Crippen LogP contribution in [0.5, 0.6) is 0 Å². The fraction of sp³-hybridized carbons (Fsp3) is 0.211. The van der Waals surface area contributed by atoms with E-state index in [1.54, 1.807) is 6.07 Å². The second-order valence-electron chi connectivity index (χ2n) is 5.96. The maximum Gasteiger partial charge on any atom is 0.255 e. The molecule has 0 heterocycles. The van der Waals surface area contributed by atoms with Crippen molar-refractivity contribution in [1.82, 2.24) is 0 Å². The molecule has 0 bridgehead atoms. The lowest BCUT2D eigenvalue weighted by molar-refractivity contribution is 0.102. The van der Waals surface area contributed by atoms with E-state index < -0.39 is 11.7 Å². The van der Waals surface area contributed by atoms with Crippen LogP contribution in [0, 0.1) is 11.6 Å². The molecule has 2 nitrogen and oxygen atoms in total. The van der Waals surface area contributed by atoms with Crippen molar-refractivity contribution in [2.24, 2.45) is 0 Å². The minimum absolute atomic E-state index is 0.0744. The van der Waals surface area contributed by atoms with Gasteiger partial charge >= 0.3 is 0 Å². The lowest BCUT2D eigenvalue weighted by Gasteiger charge is -2.11. The molecule has 1 unspecified atom stereocenters. The van der Waals surface area contributed by atoms with Gasteiger partial charge < -0.3 is 5.32 Å². The third kappa shape index (κ3) is 4.41. The predicted octanol–water partition coefficient (Wildman–Crippen LogP) is 6.07. The fourth-order valence-corrected chi connectivity index (χ4v) is 4.15. The number of anilines is 1. The SMILES string of the molecule is C=C1CCC(Sc2cc(C(=O)Nc3ccc(F)c(Cl)c3)ccc2F)C1. The van der Waals surface area contributed by atoms with E-state index in [0.717, 1.165) is 19.3 Å².